The van der Waals surface area contributed by atoms with Gasteiger partial charge >= 0.3 is 0 Å². The lowest BCUT2D eigenvalue weighted by Gasteiger charge is -2.08. The van der Waals surface area contributed by atoms with E-state index in [2.05, 4.69) is 47.3 Å². The van der Waals surface area contributed by atoms with Crippen molar-refractivity contribution in [2.75, 3.05) is 5.32 Å². The summed E-state index contributed by atoms with van der Waals surface area (Å²) in [5.41, 5.74) is 12.5. The summed E-state index contributed by atoms with van der Waals surface area (Å²) >= 11 is 0. The van der Waals surface area contributed by atoms with Gasteiger partial charge in [0.2, 0.25) is 0 Å². The predicted molar refractivity (Wildman–Crippen MR) is 88.6 cm³/mol. The van der Waals surface area contributed by atoms with Crippen molar-refractivity contribution < 1.29 is 0 Å². The summed E-state index contributed by atoms with van der Waals surface area (Å²) in [4.78, 5) is 8.82. The fourth-order valence-electron chi connectivity index (χ4n) is 1.94. The number of hydrogen-bond acceptors (Lipinski definition) is 2. The summed E-state index contributed by atoms with van der Waals surface area (Å²) in [5.74, 6) is 0.401. The van der Waals surface area contributed by atoms with Gasteiger partial charge in [-0.05, 0) is 62.6 Å². The van der Waals surface area contributed by atoms with Crippen LogP contribution in [0.1, 0.15) is 28.1 Å². The maximum absolute atomic E-state index is 5.92. The first-order chi connectivity index (χ1) is 9.95. The Morgan fingerprint density at radius 3 is 2.43 bits per heavy atom. The molecule has 0 unspecified atom stereocenters. The van der Waals surface area contributed by atoms with Gasteiger partial charge in [-0.2, -0.15) is 0 Å². The Hall–Kier alpha value is -2.36. The fraction of sp³-hybridized carbons (Fsp3) is 0.294. The summed E-state index contributed by atoms with van der Waals surface area (Å²) < 4.78 is 0. The summed E-state index contributed by atoms with van der Waals surface area (Å²) in [7, 11) is 0. The van der Waals surface area contributed by atoms with Gasteiger partial charge in [0.1, 0.15) is 0 Å². The number of nitrogens with zero attached hydrogens (tertiary/aromatic N) is 2. The zero-order chi connectivity index (χ0) is 15.4. The Kier molecular flexibility index (Phi) is 4.58. The molecule has 0 saturated carbocycles. The van der Waals surface area contributed by atoms with E-state index in [1.165, 1.54) is 16.7 Å². The summed E-state index contributed by atoms with van der Waals surface area (Å²) in [5, 5.41) is 3.11. The van der Waals surface area contributed by atoms with Gasteiger partial charge < -0.3 is 11.1 Å². The van der Waals surface area contributed by atoms with E-state index in [0.717, 1.165) is 17.1 Å². The molecule has 0 aliphatic rings. The molecule has 0 atom stereocenters. The number of nitrogens with two attached hydrogens (primary N) is 1. The minimum absolute atomic E-state index is 0.401. The number of aryl methyl sites for hydroxylation is 4. The summed E-state index contributed by atoms with van der Waals surface area (Å²) in [6.07, 6.45) is 0. The number of aliphatic imine (C=N–C) groups is 1. The molecule has 1 aromatic heterocycles. The molecule has 3 N–H and O–H groups in total. The Labute approximate surface area is 126 Å². The second kappa shape index (κ2) is 6.39. The van der Waals surface area contributed by atoms with Crippen LogP contribution in [0, 0.1) is 27.7 Å². The average Bonchev–Trinajstić information content (AvgIpc) is 2.44. The fourth-order valence-corrected chi connectivity index (χ4v) is 1.94. The van der Waals surface area contributed by atoms with Crippen molar-refractivity contribution in [1.29, 1.82) is 0 Å². The molecule has 1 aromatic carbocycles. The molecule has 0 aliphatic carbocycles. The van der Waals surface area contributed by atoms with Crippen LogP contribution in [0.25, 0.3) is 0 Å². The molecule has 0 spiro atoms. The minimum Gasteiger partial charge on any atom is -0.370 e. The van der Waals surface area contributed by atoms with Crippen molar-refractivity contribution >= 4 is 11.6 Å². The number of rotatable bonds is 3. The molecule has 0 radical (unpaired) electrons. The Balaban J connectivity index is 2.03. The molecule has 2 aromatic rings. The van der Waals surface area contributed by atoms with E-state index in [1.54, 1.807) is 0 Å². The molecule has 0 fully saturated rings. The second-order valence-corrected chi connectivity index (χ2v) is 5.33. The van der Waals surface area contributed by atoms with Crippen LogP contribution < -0.4 is 11.1 Å². The van der Waals surface area contributed by atoms with Crippen LogP contribution in [0.15, 0.2) is 35.3 Å². The molecule has 1 heterocycles. The number of nitrogens with one attached hydrogen (secondary N) is 1. The van der Waals surface area contributed by atoms with Crippen LogP contribution in [-0.2, 0) is 6.54 Å². The molecule has 0 saturated heterocycles. The van der Waals surface area contributed by atoms with E-state index in [9.17, 15) is 0 Å². The summed E-state index contributed by atoms with van der Waals surface area (Å²) in [6.45, 7) is 8.68. The van der Waals surface area contributed by atoms with Gasteiger partial charge in [0, 0.05) is 11.4 Å². The lowest BCUT2D eigenvalue weighted by atomic mass is 10.1. The number of anilines is 1. The molecule has 4 nitrogen and oxygen atoms in total. The number of aromatic nitrogens is 1. The molecule has 2 rings (SSSR count). The third-order valence-corrected chi connectivity index (χ3v) is 3.60. The molecule has 0 bridgehead atoms. The van der Waals surface area contributed by atoms with Crippen molar-refractivity contribution in [3.05, 3.63) is 58.4 Å². The lowest BCUT2D eigenvalue weighted by Crippen LogP contribution is -2.22. The van der Waals surface area contributed by atoms with Crippen molar-refractivity contribution in [3.8, 4) is 0 Å². The monoisotopic (exact) mass is 282 g/mol. The van der Waals surface area contributed by atoms with Crippen LogP contribution in [0.5, 0.6) is 0 Å². The van der Waals surface area contributed by atoms with Crippen LogP contribution in [0.3, 0.4) is 0 Å². The van der Waals surface area contributed by atoms with Crippen LogP contribution in [0.4, 0.5) is 5.69 Å². The predicted octanol–water partition coefficient (Wildman–Crippen LogP) is 3.24. The highest BCUT2D eigenvalue weighted by Gasteiger charge is 2.00. The molecular formula is C17H22N4. The highest BCUT2D eigenvalue weighted by Crippen LogP contribution is 2.14. The van der Waals surface area contributed by atoms with Gasteiger partial charge in [0.15, 0.2) is 5.96 Å². The number of pyridine rings is 1. The first-order valence-corrected chi connectivity index (χ1v) is 7.03. The molecule has 0 amide bonds. The van der Waals surface area contributed by atoms with Crippen molar-refractivity contribution in [2.45, 2.75) is 34.2 Å². The summed E-state index contributed by atoms with van der Waals surface area (Å²) in [6, 6.07) is 10.2. The van der Waals surface area contributed by atoms with E-state index < -0.39 is 0 Å². The topological polar surface area (TPSA) is 63.3 Å². The maximum Gasteiger partial charge on any atom is 0.193 e. The maximum atomic E-state index is 5.92. The third kappa shape index (κ3) is 4.05. The van der Waals surface area contributed by atoms with Crippen molar-refractivity contribution in [2.24, 2.45) is 10.7 Å². The Morgan fingerprint density at radius 1 is 1.05 bits per heavy atom. The zero-order valence-electron chi connectivity index (χ0n) is 13.1. The molecule has 0 aliphatic heterocycles. The van der Waals surface area contributed by atoms with Gasteiger partial charge in [0.05, 0.1) is 12.2 Å². The molecular weight excluding hydrogens is 260 g/mol. The highest BCUT2D eigenvalue weighted by molar-refractivity contribution is 5.92. The number of guanidine groups is 1. The quantitative estimate of drug-likeness (QED) is 0.671. The Bertz CT molecular complexity index is 674. The van der Waals surface area contributed by atoms with Gasteiger partial charge in [-0.25, -0.2) is 4.99 Å². The van der Waals surface area contributed by atoms with Gasteiger partial charge in [0.25, 0.3) is 0 Å². The number of benzene rings is 1. The highest BCUT2D eigenvalue weighted by atomic mass is 15.1. The molecule has 4 heteroatoms. The first-order valence-electron chi connectivity index (χ1n) is 7.03. The van der Waals surface area contributed by atoms with Crippen LogP contribution in [-0.4, -0.2) is 10.9 Å². The van der Waals surface area contributed by atoms with Crippen molar-refractivity contribution in [1.82, 2.24) is 4.98 Å². The zero-order valence-corrected chi connectivity index (χ0v) is 13.1. The largest absolute Gasteiger partial charge is 0.370 e. The average molecular weight is 282 g/mol. The SMILES string of the molecule is Cc1ccc(NC(N)=NCc2ccc(C)c(C)n2)cc1C. The molecule has 110 valence electrons. The lowest BCUT2D eigenvalue weighted by molar-refractivity contribution is 0.956. The smallest absolute Gasteiger partial charge is 0.193 e. The van der Waals surface area contributed by atoms with Crippen molar-refractivity contribution in [3.63, 3.8) is 0 Å². The molecule has 21 heavy (non-hydrogen) atoms. The van der Waals surface area contributed by atoms with E-state index in [0.29, 0.717) is 12.5 Å². The van der Waals surface area contributed by atoms with Gasteiger partial charge in [-0.3, -0.25) is 4.98 Å². The van der Waals surface area contributed by atoms with E-state index in [-0.39, 0.29) is 0 Å². The normalized spacial score (nSPS) is 11.5. The van der Waals surface area contributed by atoms with E-state index in [1.807, 2.05) is 26.0 Å². The number of hydrogen-bond donors (Lipinski definition) is 2. The van der Waals surface area contributed by atoms with Crippen LogP contribution in [0.2, 0.25) is 0 Å². The second-order valence-electron chi connectivity index (χ2n) is 5.33. The third-order valence-electron chi connectivity index (χ3n) is 3.60. The first kappa shape index (κ1) is 15.0. The van der Waals surface area contributed by atoms with Crippen LogP contribution >= 0.6 is 0 Å². The van der Waals surface area contributed by atoms with Gasteiger partial charge in [-0.1, -0.05) is 12.1 Å². The standard InChI is InChI=1S/C17H22N4/c1-11-5-7-15(9-13(11)3)21-17(18)19-10-16-8-6-12(2)14(4)20-16/h5-9H,10H2,1-4H3,(H3,18,19,21). The van der Waals surface area contributed by atoms with E-state index >= 15 is 0 Å². The van der Waals surface area contributed by atoms with E-state index in [4.69, 9.17) is 5.73 Å². The minimum atomic E-state index is 0.401. The van der Waals surface area contributed by atoms with Gasteiger partial charge in [-0.15, -0.1) is 0 Å². The Morgan fingerprint density at radius 2 is 1.76 bits per heavy atom.